The minimum atomic E-state index is -0.406. The van der Waals surface area contributed by atoms with E-state index in [0.29, 0.717) is 0 Å². The Bertz CT molecular complexity index is 1340. The number of methoxy groups -OCH3 is 2. The van der Waals surface area contributed by atoms with Gasteiger partial charge >= 0.3 is 7.12 Å². The second kappa shape index (κ2) is 7.79. The molecule has 4 aromatic carbocycles. The van der Waals surface area contributed by atoms with Crippen LogP contribution in [0.25, 0.3) is 32.7 Å². The monoisotopic (exact) mass is 440 g/mol. The lowest BCUT2D eigenvalue weighted by atomic mass is 9.77. The molecule has 0 saturated carbocycles. The number of rotatable bonds is 4. The lowest BCUT2D eigenvalue weighted by Gasteiger charge is -2.32. The van der Waals surface area contributed by atoms with Crippen LogP contribution in [0.5, 0.6) is 11.5 Å². The van der Waals surface area contributed by atoms with Crippen molar-refractivity contribution in [3.8, 4) is 22.6 Å². The van der Waals surface area contributed by atoms with Gasteiger partial charge in [0.2, 0.25) is 0 Å². The van der Waals surface area contributed by atoms with Gasteiger partial charge in [0.05, 0.1) is 25.4 Å². The molecule has 1 aliphatic heterocycles. The van der Waals surface area contributed by atoms with Gasteiger partial charge in [0.1, 0.15) is 11.5 Å². The van der Waals surface area contributed by atoms with Gasteiger partial charge in [0.15, 0.2) is 0 Å². The highest BCUT2D eigenvalue weighted by Crippen LogP contribution is 2.45. The summed E-state index contributed by atoms with van der Waals surface area (Å²) in [6.45, 7) is 8.29. The Morgan fingerprint density at radius 1 is 0.636 bits per heavy atom. The smallest absolute Gasteiger partial charge is 0.494 e. The molecule has 0 amide bonds. The minimum absolute atomic E-state index is 0.381. The highest BCUT2D eigenvalue weighted by molar-refractivity contribution is 6.62. The summed E-state index contributed by atoms with van der Waals surface area (Å²) in [5.41, 5.74) is 2.29. The fourth-order valence-electron chi connectivity index (χ4n) is 4.56. The molecule has 0 aliphatic carbocycles. The first-order valence-electron chi connectivity index (χ1n) is 11.3. The summed E-state index contributed by atoms with van der Waals surface area (Å²) in [5.74, 6) is 1.62. The Morgan fingerprint density at radius 2 is 1.18 bits per heavy atom. The van der Waals surface area contributed by atoms with Crippen molar-refractivity contribution in [1.29, 1.82) is 0 Å². The maximum absolute atomic E-state index is 6.29. The van der Waals surface area contributed by atoms with E-state index in [9.17, 15) is 0 Å². The SMILES string of the molecule is COc1ccc2ccccc2c1-c1c(OC)ccc2cc(B3OC(C)(C)C(C)(C)O3)ccc12. The zero-order chi connectivity index (χ0) is 23.4. The van der Waals surface area contributed by atoms with Crippen molar-refractivity contribution in [2.24, 2.45) is 0 Å². The van der Waals surface area contributed by atoms with Crippen molar-refractivity contribution in [2.75, 3.05) is 14.2 Å². The average Bonchev–Trinajstić information content (AvgIpc) is 3.04. The third-order valence-corrected chi connectivity index (χ3v) is 7.11. The Labute approximate surface area is 195 Å². The van der Waals surface area contributed by atoms with Crippen LogP contribution in [0, 0.1) is 0 Å². The van der Waals surface area contributed by atoms with Crippen molar-refractivity contribution < 1.29 is 18.8 Å². The van der Waals surface area contributed by atoms with Crippen molar-refractivity contribution >= 4 is 34.1 Å². The van der Waals surface area contributed by atoms with E-state index < -0.39 is 7.12 Å². The summed E-state index contributed by atoms with van der Waals surface area (Å²) in [7, 11) is 3.01. The van der Waals surface area contributed by atoms with Crippen LogP contribution in [-0.4, -0.2) is 32.5 Å². The first-order valence-corrected chi connectivity index (χ1v) is 11.3. The van der Waals surface area contributed by atoms with Gasteiger partial charge in [-0.05, 0) is 66.8 Å². The molecule has 4 nitrogen and oxygen atoms in total. The third kappa shape index (κ3) is 3.47. The largest absolute Gasteiger partial charge is 0.496 e. The predicted octanol–water partition coefficient (Wildman–Crippen LogP) is 5.98. The molecule has 1 aliphatic rings. The Morgan fingerprint density at radius 3 is 1.79 bits per heavy atom. The number of hydrogen-bond donors (Lipinski definition) is 0. The van der Waals surface area contributed by atoms with E-state index in [1.54, 1.807) is 14.2 Å². The predicted molar refractivity (Wildman–Crippen MR) is 136 cm³/mol. The van der Waals surface area contributed by atoms with Crippen molar-refractivity contribution in [1.82, 2.24) is 0 Å². The minimum Gasteiger partial charge on any atom is -0.496 e. The molecule has 0 aromatic heterocycles. The molecular weight excluding hydrogens is 411 g/mol. The van der Waals surface area contributed by atoms with Crippen molar-refractivity contribution in [3.63, 3.8) is 0 Å². The molecule has 1 fully saturated rings. The Balaban J connectivity index is 1.72. The van der Waals surface area contributed by atoms with Crippen LogP contribution in [0.15, 0.2) is 66.7 Å². The molecule has 0 spiro atoms. The fraction of sp³-hybridized carbons (Fsp3) is 0.286. The van der Waals surface area contributed by atoms with Crippen molar-refractivity contribution in [3.05, 3.63) is 66.7 Å². The molecular formula is C28H29BO4. The summed E-state index contributed by atoms with van der Waals surface area (Å²) in [4.78, 5) is 0. The second-order valence-electron chi connectivity index (χ2n) is 9.58. The van der Waals surface area contributed by atoms with E-state index in [2.05, 4.69) is 82.3 Å². The van der Waals surface area contributed by atoms with Crippen LogP contribution in [0.1, 0.15) is 27.7 Å². The number of hydrogen-bond acceptors (Lipinski definition) is 4. The molecule has 5 rings (SSSR count). The van der Waals surface area contributed by atoms with Gasteiger partial charge < -0.3 is 18.8 Å². The Hall–Kier alpha value is -3.02. The quantitative estimate of drug-likeness (QED) is 0.366. The average molecular weight is 440 g/mol. The summed E-state index contributed by atoms with van der Waals surface area (Å²) >= 11 is 0. The van der Waals surface area contributed by atoms with Crippen LogP contribution in [0.2, 0.25) is 0 Å². The molecule has 0 bridgehead atoms. The zero-order valence-electron chi connectivity index (χ0n) is 20.1. The third-order valence-electron chi connectivity index (χ3n) is 7.11. The molecule has 4 aromatic rings. The van der Waals surface area contributed by atoms with Gasteiger partial charge in [-0.15, -0.1) is 0 Å². The molecule has 1 saturated heterocycles. The topological polar surface area (TPSA) is 36.9 Å². The van der Waals surface area contributed by atoms with Crippen LogP contribution >= 0.6 is 0 Å². The fourth-order valence-corrected chi connectivity index (χ4v) is 4.56. The lowest BCUT2D eigenvalue weighted by molar-refractivity contribution is 0.00578. The summed E-state index contributed by atoms with van der Waals surface area (Å²) in [6, 6.07) is 22.9. The maximum Gasteiger partial charge on any atom is 0.494 e. The van der Waals surface area contributed by atoms with Crippen LogP contribution < -0.4 is 14.9 Å². The van der Waals surface area contributed by atoms with Gasteiger partial charge in [-0.1, -0.05) is 54.6 Å². The summed E-state index contributed by atoms with van der Waals surface area (Å²) in [6.07, 6.45) is 0. The number of fused-ring (bicyclic) bond motifs is 2. The lowest BCUT2D eigenvalue weighted by Crippen LogP contribution is -2.41. The van der Waals surface area contributed by atoms with Crippen LogP contribution in [0.4, 0.5) is 0 Å². The van der Waals surface area contributed by atoms with Gasteiger partial charge in [0.25, 0.3) is 0 Å². The first kappa shape index (κ1) is 21.8. The first-order chi connectivity index (χ1) is 15.8. The molecule has 168 valence electrons. The van der Waals surface area contributed by atoms with E-state index in [-0.39, 0.29) is 11.2 Å². The molecule has 0 N–H and O–H groups in total. The molecule has 1 heterocycles. The van der Waals surface area contributed by atoms with Crippen molar-refractivity contribution in [2.45, 2.75) is 38.9 Å². The second-order valence-corrected chi connectivity index (χ2v) is 9.58. The molecule has 33 heavy (non-hydrogen) atoms. The summed E-state index contributed by atoms with van der Waals surface area (Å²) in [5, 5.41) is 4.45. The number of benzene rings is 4. The number of ether oxygens (including phenoxy) is 2. The Kier molecular flexibility index (Phi) is 5.15. The van der Waals surface area contributed by atoms with Gasteiger partial charge in [-0.3, -0.25) is 0 Å². The highest BCUT2D eigenvalue weighted by atomic mass is 16.7. The molecule has 5 heteroatoms. The van der Waals surface area contributed by atoms with E-state index in [0.717, 1.165) is 49.6 Å². The highest BCUT2D eigenvalue weighted by Gasteiger charge is 2.51. The van der Waals surface area contributed by atoms with Gasteiger partial charge in [0, 0.05) is 11.1 Å². The molecule has 0 unspecified atom stereocenters. The maximum atomic E-state index is 6.29. The van der Waals surface area contributed by atoms with Gasteiger partial charge in [-0.2, -0.15) is 0 Å². The van der Waals surface area contributed by atoms with Gasteiger partial charge in [-0.25, -0.2) is 0 Å². The molecule has 0 atom stereocenters. The molecule has 0 radical (unpaired) electrons. The zero-order valence-corrected chi connectivity index (χ0v) is 20.1. The van der Waals surface area contributed by atoms with E-state index in [1.807, 2.05) is 12.1 Å². The van der Waals surface area contributed by atoms with Crippen LogP contribution in [0.3, 0.4) is 0 Å². The van der Waals surface area contributed by atoms with Crippen LogP contribution in [-0.2, 0) is 9.31 Å². The summed E-state index contributed by atoms with van der Waals surface area (Å²) < 4.78 is 24.2. The van der Waals surface area contributed by atoms with E-state index >= 15 is 0 Å². The normalized spacial score (nSPS) is 17.0. The van der Waals surface area contributed by atoms with E-state index in [4.69, 9.17) is 18.8 Å². The standard InChI is InChI=1S/C28H29BO4/c1-27(2)28(3,4)33-29(32-27)20-13-14-22-19(17-20)12-16-24(31-6)26(22)25-21-10-8-7-9-18(21)11-15-23(25)30-5/h7-17H,1-6H3. The van der Waals surface area contributed by atoms with E-state index in [1.165, 1.54) is 0 Å².